The summed E-state index contributed by atoms with van der Waals surface area (Å²) in [6, 6.07) is 7.08. The molecule has 1 N–H and O–H groups in total. The van der Waals surface area contributed by atoms with Gasteiger partial charge in [0, 0.05) is 32.4 Å². The van der Waals surface area contributed by atoms with E-state index in [0.717, 1.165) is 26.1 Å². The van der Waals surface area contributed by atoms with Crippen LogP contribution in [0.2, 0.25) is 0 Å². The second-order valence-electron chi connectivity index (χ2n) is 7.01. The van der Waals surface area contributed by atoms with Crippen LogP contribution in [0.4, 0.5) is 5.69 Å². The van der Waals surface area contributed by atoms with E-state index >= 15 is 0 Å². The van der Waals surface area contributed by atoms with Crippen LogP contribution in [0.1, 0.15) is 52.4 Å². The number of carbonyl (C=O) groups is 3. The van der Waals surface area contributed by atoms with Gasteiger partial charge in [-0.3, -0.25) is 24.0 Å². The quantitative estimate of drug-likeness (QED) is 0.774. The first-order valence-corrected chi connectivity index (χ1v) is 9.50. The number of aromatic nitrogens is 2. The lowest BCUT2D eigenvalue weighted by Gasteiger charge is -2.22. The Morgan fingerprint density at radius 1 is 1.14 bits per heavy atom. The van der Waals surface area contributed by atoms with Gasteiger partial charge in [-0.25, -0.2) is 0 Å². The first kappa shape index (κ1) is 18.4. The zero-order valence-electron chi connectivity index (χ0n) is 15.5. The molecule has 28 heavy (non-hydrogen) atoms. The van der Waals surface area contributed by atoms with Crippen molar-refractivity contribution in [3.05, 3.63) is 47.8 Å². The van der Waals surface area contributed by atoms with Gasteiger partial charge in [0.1, 0.15) is 0 Å². The zero-order chi connectivity index (χ0) is 19.5. The van der Waals surface area contributed by atoms with E-state index in [1.165, 1.54) is 4.90 Å². The monoisotopic (exact) mass is 382 g/mol. The minimum atomic E-state index is -0.293. The number of fused-ring (bicyclic) bond motifs is 1. The van der Waals surface area contributed by atoms with Crippen molar-refractivity contribution in [1.29, 1.82) is 0 Å². The predicted molar refractivity (Wildman–Crippen MR) is 101 cm³/mol. The number of rotatable bonds is 6. The predicted octanol–water partition coefficient (Wildman–Crippen LogP) is 2.25. The van der Waals surface area contributed by atoms with Gasteiger partial charge in [0.05, 0.1) is 29.1 Å². The Hall–Kier alpha value is -3.00. The highest BCUT2D eigenvalue weighted by atomic mass is 16.5. The molecule has 1 aromatic heterocycles. The Morgan fingerprint density at radius 3 is 2.50 bits per heavy atom. The lowest BCUT2D eigenvalue weighted by atomic mass is 10.1. The molecule has 1 saturated heterocycles. The molecule has 3 heterocycles. The normalized spacial score (nSPS) is 17.1. The summed E-state index contributed by atoms with van der Waals surface area (Å²) in [6.45, 7) is 1.68. The lowest BCUT2D eigenvalue weighted by Crippen LogP contribution is -2.31. The van der Waals surface area contributed by atoms with Gasteiger partial charge >= 0.3 is 0 Å². The number of ether oxygens (including phenoxy) is 1. The molecule has 2 aromatic rings. The molecule has 0 unspecified atom stereocenters. The molecule has 2 aliphatic heterocycles. The lowest BCUT2D eigenvalue weighted by molar-refractivity contribution is -0.116. The van der Waals surface area contributed by atoms with Gasteiger partial charge in [0.25, 0.3) is 11.8 Å². The number of imide groups is 1. The first-order valence-electron chi connectivity index (χ1n) is 9.50. The number of hydrogen-bond donors (Lipinski definition) is 1. The Bertz CT molecular complexity index is 866. The summed E-state index contributed by atoms with van der Waals surface area (Å²) >= 11 is 0. The van der Waals surface area contributed by atoms with Crippen LogP contribution >= 0.6 is 0 Å². The van der Waals surface area contributed by atoms with E-state index in [0.29, 0.717) is 29.3 Å². The van der Waals surface area contributed by atoms with Crippen molar-refractivity contribution in [2.45, 2.75) is 31.7 Å². The Balaban J connectivity index is 1.26. The van der Waals surface area contributed by atoms with Crippen LogP contribution in [0.15, 0.2) is 36.7 Å². The summed E-state index contributed by atoms with van der Waals surface area (Å²) in [4.78, 5) is 38.0. The number of carbonyl (C=O) groups excluding carboxylic acids is 3. The summed E-state index contributed by atoms with van der Waals surface area (Å²) in [5.41, 5.74) is 1.51. The number of anilines is 1. The topological polar surface area (TPSA) is 93.5 Å². The first-order chi connectivity index (χ1) is 13.6. The maximum atomic E-state index is 12.3. The van der Waals surface area contributed by atoms with Crippen molar-refractivity contribution in [3.63, 3.8) is 0 Å². The number of hydrogen-bond acceptors (Lipinski definition) is 5. The summed E-state index contributed by atoms with van der Waals surface area (Å²) in [6.07, 6.45) is 5.92. The summed E-state index contributed by atoms with van der Waals surface area (Å²) < 4.78 is 7.22. The van der Waals surface area contributed by atoms with Gasteiger partial charge in [0.15, 0.2) is 0 Å². The van der Waals surface area contributed by atoms with E-state index in [2.05, 4.69) is 10.4 Å². The fourth-order valence-corrected chi connectivity index (χ4v) is 3.62. The smallest absolute Gasteiger partial charge is 0.261 e. The minimum Gasteiger partial charge on any atom is -0.381 e. The van der Waals surface area contributed by atoms with Crippen molar-refractivity contribution >= 4 is 23.4 Å². The van der Waals surface area contributed by atoms with Crippen LogP contribution in [0.25, 0.3) is 0 Å². The van der Waals surface area contributed by atoms with Crippen LogP contribution in [0, 0.1) is 0 Å². The molecule has 4 rings (SSSR count). The Morgan fingerprint density at radius 2 is 1.82 bits per heavy atom. The van der Waals surface area contributed by atoms with Gasteiger partial charge in [-0.15, -0.1) is 0 Å². The number of benzene rings is 1. The van der Waals surface area contributed by atoms with Crippen LogP contribution in [-0.2, 0) is 9.53 Å². The second kappa shape index (κ2) is 7.93. The molecule has 8 heteroatoms. The second-order valence-corrected chi connectivity index (χ2v) is 7.01. The van der Waals surface area contributed by atoms with Crippen molar-refractivity contribution in [2.75, 3.05) is 25.1 Å². The van der Waals surface area contributed by atoms with Crippen LogP contribution in [0.5, 0.6) is 0 Å². The standard InChI is InChI=1S/C20H22N4O4/c25-18(22-14-12-21-24(13-14)15-7-10-28-11-8-15)6-3-9-23-19(26)16-4-1-2-5-17(16)20(23)27/h1-2,4-5,12-13,15H,3,6-11H2,(H,22,25). The van der Waals surface area contributed by atoms with E-state index in [1.54, 1.807) is 30.5 Å². The summed E-state index contributed by atoms with van der Waals surface area (Å²) in [5, 5.41) is 7.15. The average Bonchev–Trinajstić information content (AvgIpc) is 3.28. The van der Waals surface area contributed by atoms with Gasteiger partial charge in [-0.1, -0.05) is 12.1 Å². The molecule has 1 fully saturated rings. The van der Waals surface area contributed by atoms with Crippen molar-refractivity contribution in [3.8, 4) is 0 Å². The van der Waals surface area contributed by atoms with E-state index in [9.17, 15) is 14.4 Å². The molecule has 1 aromatic carbocycles. The molecule has 8 nitrogen and oxygen atoms in total. The third kappa shape index (κ3) is 3.68. The molecule has 3 amide bonds. The molecule has 0 bridgehead atoms. The van der Waals surface area contributed by atoms with Crippen molar-refractivity contribution in [1.82, 2.24) is 14.7 Å². The van der Waals surface area contributed by atoms with Gasteiger partial charge in [-0.05, 0) is 31.4 Å². The summed E-state index contributed by atoms with van der Waals surface area (Å²) in [7, 11) is 0. The van der Waals surface area contributed by atoms with Crippen LogP contribution in [0.3, 0.4) is 0 Å². The highest BCUT2D eigenvalue weighted by Crippen LogP contribution is 2.23. The van der Waals surface area contributed by atoms with E-state index in [1.807, 2.05) is 10.9 Å². The van der Waals surface area contributed by atoms with Gasteiger partial charge in [-0.2, -0.15) is 5.10 Å². The van der Waals surface area contributed by atoms with Crippen LogP contribution in [-0.4, -0.2) is 52.2 Å². The number of nitrogens with one attached hydrogen (secondary N) is 1. The molecule has 0 spiro atoms. The Kier molecular flexibility index (Phi) is 5.21. The highest BCUT2D eigenvalue weighted by molar-refractivity contribution is 6.21. The molecule has 0 saturated carbocycles. The number of nitrogens with zero attached hydrogens (tertiary/aromatic N) is 3. The molecule has 2 aliphatic rings. The summed E-state index contributed by atoms with van der Waals surface area (Å²) in [5.74, 6) is -0.749. The molecule has 0 aliphatic carbocycles. The zero-order valence-corrected chi connectivity index (χ0v) is 15.5. The largest absolute Gasteiger partial charge is 0.381 e. The average molecular weight is 382 g/mol. The fourth-order valence-electron chi connectivity index (χ4n) is 3.62. The highest BCUT2D eigenvalue weighted by Gasteiger charge is 2.34. The minimum absolute atomic E-state index is 0.164. The molecule has 0 radical (unpaired) electrons. The SMILES string of the molecule is O=C(CCCN1C(=O)c2ccccc2C1=O)Nc1cnn(C2CCOCC2)c1. The third-order valence-electron chi connectivity index (χ3n) is 5.11. The molecule has 146 valence electrons. The number of amides is 3. The molecular weight excluding hydrogens is 360 g/mol. The Labute approximate surface area is 162 Å². The van der Waals surface area contributed by atoms with E-state index < -0.39 is 0 Å². The molecular formula is C20H22N4O4. The maximum Gasteiger partial charge on any atom is 0.261 e. The molecule has 0 atom stereocenters. The van der Waals surface area contributed by atoms with Crippen molar-refractivity contribution < 1.29 is 19.1 Å². The van der Waals surface area contributed by atoms with Gasteiger partial charge in [0.2, 0.25) is 5.91 Å². The fraction of sp³-hybridized carbons (Fsp3) is 0.400. The van der Waals surface area contributed by atoms with E-state index in [4.69, 9.17) is 4.74 Å². The van der Waals surface area contributed by atoms with Crippen molar-refractivity contribution in [2.24, 2.45) is 0 Å². The van der Waals surface area contributed by atoms with E-state index in [-0.39, 0.29) is 30.7 Å². The van der Waals surface area contributed by atoms with Crippen LogP contribution < -0.4 is 5.32 Å². The van der Waals surface area contributed by atoms with Gasteiger partial charge < -0.3 is 10.1 Å². The third-order valence-corrected chi connectivity index (χ3v) is 5.11. The maximum absolute atomic E-state index is 12.3.